The molecule has 16 heavy (non-hydrogen) atoms. The molecule has 84 valence electrons. The zero-order valence-electron chi connectivity index (χ0n) is 7.76. The van der Waals surface area contributed by atoms with Crippen LogP contribution in [0.4, 0.5) is 14.5 Å². The van der Waals surface area contributed by atoms with Gasteiger partial charge in [-0.05, 0) is 12.1 Å². The number of carbonyl (C=O) groups is 1. The molecule has 0 radical (unpaired) electrons. The van der Waals surface area contributed by atoms with Crippen LogP contribution < -0.4 is 0 Å². The van der Waals surface area contributed by atoms with Gasteiger partial charge in [0.1, 0.15) is 17.8 Å². The summed E-state index contributed by atoms with van der Waals surface area (Å²) in [6.07, 6.45) is 0.197. The van der Waals surface area contributed by atoms with E-state index in [1.165, 1.54) is 0 Å². The van der Waals surface area contributed by atoms with Crippen LogP contribution in [0.15, 0.2) is 40.4 Å². The molecule has 0 spiro atoms. The van der Waals surface area contributed by atoms with E-state index in [4.69, 9.17) is 10.2 Å². The van der Waals surface area contributed by atoms with E-state index < -0.39 is 29.0 Å². The standard InChI is InChI=1S/C9H6F2N2O3/c10-5-1-2-6(11)7(3-5)12-13-8(4-14)9(15)16/h1-4,14H,(H,15,16). The smallest absolute Gasteiger partial charge is 0.359 e. The molecule has 0 aliphatic carbocycles. The Balaban J connectivity index is 3.00. The number of carboxylic acids is 1. The van der Waals surface area contributed by atoms with Gasteiger partial charge in [0.15, 0.2) is 5.82 Å². The summed E-state index contributed by atoms with van der Waals surface area (Å²) in [6, 6.07) is 2.46. The maximum Gasteiger partial charge on any atom is 0.359 e. The van der Waals surface area contributed by atoms with Crippen molar-refractivity contribution < 1.29 is 23.8 Å². The lowest BCUT2D eigenvalue weighted by Gasteiger charge is -1.95. The summed E-state index contributed by atoms with van der Waals surface area (Å²) in [5.74, 6) is -3.13. The summed E-state index contributed by atoms with van der Waals surface area (Å²) in [5.41, 5.74) is -1.25. The van der Waals surface area contributed by atoms with Gasteiger partial charge in [-0.2, -0.15) is 0 Å². The summed E-state index contributed by atoms with van der Waals surface area (Å²) < 4.78 is 25.6. The fourth-order valence-corrected chi connectivity index (χ4v) is 0.794. The van der Waals surface area contributed by atoms with Crippen molar-refractivity contribution in [1.29, 1.82) is 0 Å². The Bertz CT molecular complexity index is 472. The maximum absolute atomic E-state index is 13.0. The van der Waals surface area contributed by atoms with Gasteiger partial charge < -0.3 is 10.2 Å². The van der Waals surface area contributed by atoms with Crippen LogP contribution in [0.3, 0.4) is 0 Å². The number of hydrogen-bond donors (Lipinski definition) is 2. The predicted octanol–water partition coefficient (Wildman–Crippen LogP) is 2.53. The Labute approximate surface area is 88.4 Å². The summed E-state index contributed by atoms with van der Waals surface area (Å²) >= 11 is 0. The second kappa shape index (κ2) is 4.96. The molecule has 0 bridgehead atoms. The zero-order chi connectivity index (χ0) is 12.1. The van der Waals surface area contributed by atoms with E-state index in [1.807, 2.05) is 0 Å². The molecular formula is C9H6F2N2O3. The number of hydrogen-bond acceptors (Lipinski definition) is 4. The van der Waals surface area contributed by atoms with E-state index in [0.29, 0.717) is 0 Å². The second-order valence-electron chi connectivity index (χ2n) is 2.62. The van der Waals surface area contributed by atoms with Gasteiger partial charge >= 0.3 is 5.97 Å². The minimum atomic E-state index is -1.54. The van der Waals surface area contributed by atoms with Crippen molar-refractivity contribution >= 4 is 11.7 Å². The molecule has 0 aliphatic heterocycles. The Morgan fingerprint density at radius 2 is 2.06 bits per heavy atom. The molecule has 0 saturated carbocycles. The van der Waals surface area contributed by atoms with E-state index in [1.54, 1.807) is 0 Å². The Morgan fingerprint density at radius 3 is 2.62 bits per heavy atom. The predicted molar refractivity (Wildman–Crippen MR) is 49.2 cm³/mol. The van der Waals surface area contributed by atoms with Crippen LogP contribution >= 0.6 is 0 Å². The van der Waals surface area contributed by atoms with Crippen molar-refractivity contribution in [3.63, 3.8) is 0 Å². The number of rotatable bonds is 3. The Hall–Kier alpha value is -2.31. The van der Waals surface area contributed by atoms with Gasteiger partial charge in [-0.3, -0.25) is 0 Å². The third-order valence-electron chi connectivity index (χ3n) is 1.52. The molecule has 0 aromatic heterocycles. The van der Waals surface area contributed by atoms with Crippen LogP contribution in [0.2, 0.25) is 0 Å². The number of halogens is 2. The van der Waals surface area contributed by atoms with E-state index in [0.717, 1.165) is 18.2 Å². The average molecular weight is 228 g/mol. The van der Waals surface area contributed by atoms with Gasteiger partial charge in [-0.25, -0.2) is 13.6 Å². The summed E-state index contributed by atoms with van der Waals surface area (Å²) in [5, 5.41) is 23.1. The van der Waals surface area contributed by atoms with Crippen molar-refractivity contribution in [1.82, 2.24) is 0 Å². The van der Waals surface area contributed by atoms with E-state index >= 15 is 0 Å². The van der Waals surface area contributed by atoms with Gasteiger partial charge in [0.25, 0.3) is 0 Å². The Kier molecular flexibility index (Phi) is 3.65. The molecule has 5 nitrogen and oxygen atoms in total. The van der Waals surface area contributed by atoms with Crippen LogP contribution in [0.1, 0.15) is 0 Å². The van der Waals surface area contributed by atoms with Gasteiger partial charge in [0.2, 0.25) is 5.70 Å². The first-order valence-electron chi connectivity index (χ1n) is 3.99. The fraction of sp³-hybridized carbons (Fsp3) is 0. The molecule has 1 aromatic carbocycles. The Morgan fingerprint density at radius 1 is 1.38 bits per heavy atom. The molecular weight excluding hydrogens is 222 g/mol. The summed E-state index contributed by atoms with van der Waals surface area (Å²) in [4.78, 5) is 10.4. The first-order valence-corrected chi connectivity index (χ1v) is 3.99. The largest absolute Gasteiger partial charge is 0.513 e. The highest BCUT2D eigenvalue weighted by molar-refractivity contribution is 5.85. The van der Waals surface area contributed by atoms with Crippen LogP contribution in [0.25, 0.3) is 0 Å². The number of azo groups is 1. The van der Waals surface area contributed by atoms with E-state index in [9.17, 15) is 13.6 Å². The highest BCUT2D eigenvalue weighted by Gasteiger charge is 2.07. The van der Waals surface area contributed by atoms with Gasteiger partial charge in [0, 0.05) is 6.07 Å². The number of benzene rings is 1. The van der Waals surface area contributed by atoms with Crippen molar-refractivity contribution in [2.45, 2.75) is 0 Å². The van der Waals surface area contributed by atoms with Gasteiger partial charge in [0.05, 0.1) is 0 Å². The molecule has 1 aromatic rings. The normalized spacial score (nSPS) is 12.0. The highest BCUT2D eigenvalue weighted by Crippen LogP contribution is 2.19. The number of aliphatic hydroxyl groups is 1. The number of nitrogens with zero attached hydrogens (tertiary/aromatic N) is 2. The monoisotopic (exact) mass is 228 g/mol. The molecule has 0 amide bonds. The molecule has 0 atom stereocenters. The molecule has 0 heterocycles. The SMILES string of the molecule is O=C(O)C(=CO)N=Nc1cc(F)ccc1F. The number of carboxylic acid groups (broad SMARTS) is 1. The molecule has 0 aliphatic rings. The number of aliphatic carboxylic acids is 1. The van der Waals surface area contributed by atoms with Crippen LogP contribution in [-0.4, -0.2) is 16.2 Å². The molecule has 0 fully saturated rings. The average Bonchev–Trinajstić information content (AvgIpc) is 2.23. The first-order chi connectivity index (χ1) is 7.54. The lowest BCUT2D eigenvalue weighted by atomic mass is 10.3. The van der Waals surface area contributed by atoms with Crippen molar-refractivity contribution in [3.8, 4) is 0 Å². The first kappa shape index (κ1) is 11.8. The third-order valence-corrected chi connectivity index (χ3v) is 1.52. The zero-order valence-corrected chi connectivity index (χ0v) is 7.76. The van der Waals surface area contributed by atoms with E-state index in [-0.39, 0.29) is 6.26 Å². The van der Waals surface area contributed by atoms with Gasteiger partial charge in [-0.1, -0.05) is 0 Å². The van der Waals surface area contributed by atoms with Crippen LogP contribution in [-0.2, 0) is 4.79 Å². The lowest BCUT2D eigenvalue weighted by Crippen LogP contribution is -1.96. The fourth-order valence-electron chi connectivity index (χ4n) is 0.794. The topological polar surface area (TPSA) is 82.2 Å². The highest BCUT2D eigenvalue weighted by atomic mass is 19.1. The van der Waals surface area contributed by atoms with Crippen molar-refractivity contribution in [2.75, 3.05) is 0 Å². The second-order valence-corrected chi connectivity index (χ2v) is 2.62. The molecule has 1 rings (SSSR count). The summed E-state index contributed by atoms with van der Waals surface area (Å²) in [6.45, 7) is 0. The maximum atomic E-state index is 13.0. The van der Waals surface area contributed by atoms with Crippen LogP contribution in [0.5, 0.6) is 0 Å². The third kappa shape index (κ3) is 2.84. The molecule has 0 saturated heterocycles. The van der Waals surface area contributed by atoms with Crippen molar-refractivity contribution in [2.24, 2.45) is 10.2 Å². The quantitative estimate of drug-likeness (QED) is 0.473. The lowest BCUT2D eigenvalue weighted by molar-refractivity contribution is -0.132. The summed E-state index contributed by atoms with van der Waals surface area (Å²) in [7, 11) is 0. The van der Waals surface area contributed by atoms with Crippen LogP contribution in [0, 0.1) is 11.6 Å². The minimum absolute atomic E-state index is 0.197. The van der Waals surface area contributed by atoms with E-state index in [2.05, 4.69) is 10.2 Å². The minimum Gasteiger partial charge on any atom is -0.513 e. The van der Waals surface area contributed by atoms with Gasteiger partial charge in [-0.15, -0.1) is 10.2 Å². The molecule has 2 N–H and O–H groups in total. The molecule has 7 heteroatoms. The number of aliphatic hydroxyl groups excluding tert-OH is 1. The molecule has 0 unspecified atom stereocenters. The van der Waals surface area contributed by atoms with Crippen molar-refractivity contribution in [3.05, 3.63) is 41.8 Å².